The zero-order valence-electron chi connectivity index (χ0n) is 9.93. The molecule has 3 nitrogen and oxygen atoms in total. The molecule has 0 radical (unpaired) electrons. The summed E-state index contributed by atoms with van der Waals surface area (Å²) in [4.78, 5) is 13.7. The first-order chi connectivity index (χ1) is 8.11. The Hall–Kier alpha value is -1.55. The van der Waals surface area contributed by atoms with Gasteiger partial charge in [-0.1, -0.05) is 6.92 Å². The molecule has 0 saturated carbocycles. The van der Waals surface area contributed by atoms with E-state index in [-0.39, 0.29) is 0 Å². The number of carboxylic acid groups (broad SMARTS) is 1. The van der Waals surface area contributed by atoms with E-state index in [1.54, 1.807) is 15.9 Å². The van der Waals surface area contributed by atoms with Crippen molar-refractivity contribution in [2.24, 2.45) is 0 Å². The van der Waals surface area contributed by atoms with Crippen molar-refractivity contribution < 1.29 is 9.90 Å². The zero-order valence-corrected chi connectivity index (χ0v) is 10.8. The van der Waals surface area contributed by atoms with E-state index in [2.05, 4.69) is 19.1 Å². The van der Waals surface area contributed by atoms with Gasteiger partial charge in [-0.15, -0.1) is 11.3 Å². The van der Waals surface area contributed by atoms with Gasteiger partial charge >= 0.3 is 5.97 Å². The van der Waals surface area contributed by atoms with Crippen LogP contribution in [0.1, 0.15) is 32.7 Å². The van der Waals surface area contributed by atoms with Gasteiger partial charge in [-0.3, -0.25) is 0 Å². The number of nitrogens with zero attached hydrogens (tertiary/aromatic N) is 1. The summed E-state index contributed by atoms with van der Waals surface area (Å²) in [5, 5.41) is 9.15. The van der Waals surface area contributed by atoms with Crippen molar-refractivity contribution in [1.29, 1.82) is 0 Å². The Morgan fingerprint density at radius 1 is 1.35 bits per heavy atom. The lowest BCUT2D eigenvalue weighted by Crippen LogP contribution is -2.09. The highest BCUT2D eigenvalue weighted by atomic mass is 32.1. The van der Waals surface area contributed by atoms with Gasteiger partial charge in [0.25, 0.3) is 0 Å². The van der Waals surface area contributed by atoms with Gasteiger partial charge in [0.1, 0.15) is 5.69 Å². The summed E-state index contributed by atoms with van der Waals surface area (Å²) in [7, 11) is 0. The minimum absolute atomic E-state index is 0.386. The van der Waals surface area contributed by atoms with Crippen LogP contribution < -0.4 is 0 Å². The lowest BCUT2D eigenvalue weighted by molar-refractivity contribution is 0.0685. The predicted octanol–water partition coefficient (Wildman–Crippen LogP) is 3.17. The molecule has 0 saturated heterocycles. The summed E-state index contributed by atoms with van der Waals surface area (Å²) in [5.74, 6) is -0.861. The molecule has 2 heterocycles. The van der Waals surface area contributed by atoms with Gasteiger partial charge in [-0.25, -0.2) is 4.79 Å². The second-order valence-electron chi connectivity index (χ2n) is 4.00. The SMILES string of the molecule is CCc1ccc(Cn2ccc(C)c2C(=O)O)s1. The molecule has 17 heavy (non-hydrogen) atoms. The molecule has 0 unspecified atom stereocenters. The first kappa shape index (κ1) is 11.9. The number of aromatic nitrogens is 1. The molecule has 90 valence electrons. The van der Waals surface area contributed by atoms with Crippen LogP contribution in [0.15, 0.2) is 24.4 Å². The molecule has 0 bridgehead atoms. The molecule has 2 aromatic heterocycles. The summed E-state index contributed by atoms with van der Waals surface area (Å²) >= 11 is 1.74. The summed E-state index contributed by atoms with van der Waals surface area (Å²) in [6.45, 7) is 4.59. The van der Waals surface area contributed by atoms with Gasteiger partial charge < -0.3 is 9.67 Å². The largest absolute Gasteiger partial charge is 0.477 e. The molecule has 0 aromatic carbocycles. The topological polar surface area (TPSA) is 42.2 Å². The first-order valence-electron chi connectivity index (χ1n) is 5.58. The van der Waals surface area contributed by atoms with Crippen LogP contribution in [0.25, 0.3) is 0 Å². The van der Waals surface area contributed by atoms with Crippen molar-refractivity contribution >= 4 is 17.3 Å². The van der Waals surface area contributed by atoms with Crippen LogP contribution >= 0.6 is 11.3 Å². The van der Waals surface area contributed by atoms with Crippen LogP contribution in [0.3, 0.4) is 0 Å². The third-order valence-electron chi connectivity index (χ3n) is 2.76. The Morgan fingerprint density at radius 2 is 2.06 bits per heavy atom. The van der Waals surface area contributed by atoms with Crippen molar-refractivity contribution in [3.63, 3.8) is 0 Å². The fraction of sp³-hybridized carbons (Fsp3) is 0.308. The number of hydrogen-bond donors (Lipinski definition) is 1. The molecular weight excluding hydrogens is 234 g/mol. The number of carboxylic acids is 1. The molecular formula is C13H15NO2S. The number of hydrogen-bond acceptors (Lipinski definition) is 2. The van der Waals surface area contributed by atoms with Crippen molar-refractivity contribution in [1.82, 2.24) is 4.57 Å². The predicted molar refractivity (Wildman–Crippen MR) is 68.9 cm³/mol. The fourth-order valence-corrected chi connectivity index (χ4v) is 2.83. The van der Waals surface area contributed by atoms with Crippen molar-refractivity contribution in [3.05, 3.63) is 45.4 Å². The highest BCUT2D eigenvalue weighted by Gasteiger charge is 2.13. The average molecular weight is 249 g/mol. The van der Waals surface area contributed by atoms with Crippen LogP contribution in [0, 0.1) is 6.92 Å². The second-order valence-corrected chi connectivity index (χ2v) is 5.25. The van der Waals surface area contributed by atoms with E-state index in [0.29, 0.717) is 12.2 Å². The van der Waals surface area contributed by atoms with Crippen molar-refractivity contribution in [2.75, 3.05) is 0 Å². The molecule has 2 rings (SSSR count). The van der Waals surface area contributed by atoms with E-state index in [1.807, 2.05) is 19.2 Å². The summed E-state index contributed by atoms with van der Waals surface area (Å²) in [6.07, 6.45) is 2.87. The smallest absolute Gasteiger partial charge is 0.352 e. The molecule has 0 aliphatic carbocycles. The van der Waals surface area contributed by atoms with Gasteiger partial charge in [0.2, 0.25) is 0 Å². The van der Waals surface area contributed by atoms with Gasteiger partial charge in [-0.05, 0) is 37.1 Å². The third kappa shape index (κ3) is 2.42. The van der Waals surface area contributed by atoms with Crippen LogP contribution in [0.2, 0.25) is 0 Å². The molecule has 0 spiro atoms. The summed E-state index contributed by atoms with van der Waals surface area (Å²) in [5.41, 5.74) is 1.20. The molecule has 1 N–H and O–H groups in total. The lowest BCUT2D eigenvalue weighted by Gasteiger charge is -2.05. The number of aromatic carboxylic acids is 1. The van der Waals surface area contributed by atoms with Crippen molar-refractivity contribution in [3.8, 4) is 0 Å². The van der Waals surface area contributed by atoms with Gasteiger partial charge in [0.05, 0.1) is 6.54 Å². The van der Waals surface area contributed by atoms with E-state index in [4.69, 9.17) is 5.11 Å². The summed E-state index contributed by atoms with van der Waals surface area (Å²) in [6, 6.07) is 6.03. The van der Waals surface area contributed by atoms with Crippen molar-refractivity contribution in [2.45, 2.75) is 26.8 Å². The van der Waals surface area contributed by atoms with E-state index < -0.39 is 5.97 Å². The van der Waals surface area contributed by atoms with Crippen LogP contribution in [0.4, 0.5) is 0 Å². The Labute approximate surface area is 104 Å². The Balaban J connectivity index is 2.27. The first-order valence-corrected chi connectivity index (χ1v) is 6.40. The van der Waals surface area contributed by atoms with E-state index in [0.717, 1.165) is 12.0 Å². The second kappa shape index (κ2) is 4.75. The highest BCUT2D eigenvalue weighted by Crippen LogP contribution is 2.20. The Morgan fingerprint density at radius 3 is 2.65 bits per heavy atom. The summed E-state index contributed by atoms with van der Waals surface area (Å²) < 4.78 is 1.79. The number of aryl methyl sites for hydroxylation is 2. The third-order valence-corrected chi connectivity index (χ3v) is 3.97. The van der Waals surface area contributed by atoms with Gasteiger partial charge in [0, 0.05) is 16.0 Å². The molecule has 0 amide bonds. The number of carbonyl (C=O) groups is 1. The highest BCUT2D eigenvalue weighted by molar-refractivity contribution is 7.11. The maximum absolute atomic E-state index is 11.1. The normalized spacial score (nSPS) is 10.7. The monoisotopic (exact) mass is 249 g/mol. The van der Waals surface area contributed by atoms with E-state index >= 15 is 0 Å². The van der Waals surface area contributed by atoms with Gasteiger partial charge in [-0.2, -0.15) is 0 Å². The maximum Gasteiger partial charge on any atom is 0.352 e. The van der Waals surface area contributed by atoms with Crippen LogP contribution in [-0.4, -0.2) is 15.6 Å². The lowest BCUT2D eigenvalue weighted by atomic mass is 10.3. The molecule has 0 fully saturated rings. The number of thiophene rings is 1. The minimum Gasteiger partial charge on any atom is -0.477 e. The average Bonchev–Trinajstić information content (AvgIpc) is 2.86. The Kier molecular flexibility index (Phi) is 3.33. The molecule has 0 aliphatic heterocycles. The Bertz CT molecular complexity index is 539. The fourth-order valence-electron chi connectivity index (χ4n) is 1.87. The molecule has 0 atom stereocenters. The molecule has 4 heteroatoms. The van der Waals surface area contributed by atoms with Crippen LogP contribution in [-0.2, 0) is 13.0 Å². The van der Waals surface area contributed by atoms with Gasteiger partial charge in [0.15, 0.2) is 0 Å². The molecule has 0 aliphatic rings. The zero-order chi connectivity index (χ0) is 12.4. The minimum atomic E-state index is -0.861. The standard InChI is InChI=1S/C13H15NO2S/c1-3-10-4-5-11(17-10)8-14-7-6-9(2)12(14)13(15)16/h4-7H,3,8H2,1-2H3,(H,15,16). The maximum atomic E-state index is 11.1. The molecule has 2 aromatic rings. The van der Waals surface area contributed by atoms with Crippen LogP contribution in [0.5, 0.6) is 0 Å². The van der Waals surface area contributed by atoms with E-state index in [1.165, 1.54) is 9.75 Å². The van der Waals surface area contributed by atoms with E-state index in [9.17, 15) is 4.79 Å². The quantitative estimate of drug-likeness (QED) is 0.904. The number of rotatable bonds is 4.